The van der Waals surface area contributed by atoms with Crippen LogP contribution in [0.5, 0.6) is 0 Å². The SMILES string of the molecule is CCCCN1CC(C(=O)Nc2ccc(N3CCC(C)CC3)cc2)CC1=O. The molecule has 26 heavy (non-hydrogen) atoms. The highest BCUT2D eigenvalue weighted by Crippen LogP contribution is 2.25. The Morgan fingerprint density at radius 2 is 1.88 bits per heavy atom. The normalized spacial score (nSPS) is 21.3. The largest absolute Gasteiger partial charge is 0.372 e. The van der Waals surface area contributed by atoms with Gasteiger partial charge in [-0.2, -0.15) is 0 Å². The number of amides is 2. The van der Waals surface area contributed by atoms with Gasteiger partial charge in [0.2, 0.25) is 11.8 Å². The lowest BCUT2D eigenvalue weighted by Crippen LogP contribution is -2.32. The Labute approximate surface area is 156 Å². The van der Waals surface area contributed by atoms with Crippen molar-refractivity contribution in [1.29, 1.82) is 0 Å². The molecule has 2 saturated heterocycles. The molecule has 1 atom stereocenters. The Balaban J connectivity index is 1.52. The zero-order valence-electron chi connectivity index (χ0n) is 16.0. The number of likely N-dealkylation sites (tertiary alicyclic amines) is 1. The maximum Gasteiger partial charge on any atom is 0.229 e. The zero-order chi connectivity index (χ0) is 18.5. The standard InChI is InChI=1S/C21H31N3O2/c1-3-4-11-24-15-17(14-20(24)25)21(26)22-18-5-7-19(8-6-18)23-12-9-16(2)10-13-23/h5-8,16-17H,3-4,9-15H2,1-2H3,(H,22,26). The van der Waals surface area contributed by atoms with Crippen LogP contribution in [0.4, 0.5) is 11.4 Å². The molecule has 2 amide bonds. The summed E-state index contributed by atoms with van der Waals surface area (Å²) in [6.07, 6.45) is 4.87. The summed E-state index contributed by atoms with van der Waals surface area (Å²) in [5.41, 5.74) is 2.03. The lowest BCUT2D eigenvalue weighted by molar-refractivity contribution is -0.128. The molecule has 5 nitrogen and oxygen atoms in total. The number of unbranched alkanes of at least 4 members (excludes halogenated alkanes) is 1. The van der Waals surface area contributed by atoms with Crippen molar-refractivity contribution in [2.24, 2.45) is 11.8 Å². The molecule has 0 bridgehead atoms. The number of anilines is 2. The van der Waals surface area contributed by atoms with Gasteiger partial charge >= 0.3 is 0 Å². The summed E-state index contributed by atoms with van der Waals surface area (Å²) in [7, 11) is 0. The first-order valence-corrected chi connectivity index (χ1v) is 10.0. The number of nitrogens with zero attached hydrogens (tertiary/aromatic N) is 2. The van der Waals surface area contributed by atoms with Crippen LogP contribution in [0.15, 0.2) is 24.3 Å². The minimum atomic E-state index is -0.234. The van der Waals surface area contributed by atoms with Crippen molar-refractivity contribution in [3.63, 3.8) is 0 Å². The molecule has 2 fully saturated rings. The summed E-state index contributed by atoms with van der Waals surface area (Å²) < 4.78 is 0. The number of carbonyl (C=O) groups excluding carboxylic acids is 2. The van der Waals surface area contributed by atoms with Crippen LogP contribution in [-0.2, 0) is 9.59 Å². The van der Waals surface area contributed by atoms with Crippen molar-refractivity contribution in [1.82, 2.24) is 4.90 Å². The Morgan fingerprint density at radius 3 is 2.54 bits per heavy atom. The van der Waals surface area contributed by atoms with Crippen LogP contribution in [0.1, 0.15) is 46.0 Å². The van der Waals surface area contributed by atoms with Crippen molar-refractivity contribution in [2.75, 3.05) is 36.4 Å². The van der Waals surface area contributed by atoms with Gasteiger partial charge < -0.3 is 15.1 Å². The summed E-state index contributed by atoms with van der Waals surface area (Å²) in [5.74, 6) is 0.642. The summed E-state index contributed by atoms with van der Waals surface area (Å²) in [5, 5.41) is 2.98. The predicted octanol–water partition coefficient (Wildman–Crippen LogP) is 3.51. The Kier molecular flexibility index (Phi) is 6.17. The lowest BCUT2D eigenvalue weighted by Gasteiger charge is -2.32. The second-order valence-corrected chi connectivity index (χ2v) is 7.80. The molecule has 5 heteroatoms. The van der Waals surface area contributed by atoms with Crippen LogP contribution in [0, 0.1) is 11.8 Å². The third-order valence-electron chi connectivity index (χ3n) is 5.65. The van der Waals surface area contributed by atoms with Crippen molar-refractivity contribution < 1.29 is 9.59 Å². The summed E-state index contributed by atoms with van der Waals surface area (Å²) in [6, 6.07) is 8.10. The van der Waals surface area contributed by atoms with E-state index in [1.807, 2.05) is 17.0 Å². The van der Waals surface area contributed by atoms with Gasteiger partial charge in [-0.3, -0.25) is 9.59 Å². The van der Waals surface area contributed by atoms with Crippen LogP contribution in [0.2, 0.25) is 0 Å². The van der Waals surface area contributed by atoms with E-state index in [0.29, 0.717) is 13.0 Å². The van der Waals surface area contributed by atoms with E-state index in [9.17, 15) is 9.59 Å². The summed E-state index contributed by atoms with van der Waals surface area (Å²) in [4.78, 5) is 28.8. The number of carbonyl (C=O) groups is 2. The molecule has 0 aromatic heterocycles. The van der Waals surface area contributed by atoms with Crippen LogP contribution in [-0.4, -0.2) is 42.9 Å². The van der Waals surface area contributed by atoms with Crippen LogP contribution >= 0.6 is 0 Å². The van der Waals surface area contributed by atoms with Crippen LogP contribution in [0.25, 0.3) is 0 Å². The predicted molar refractivity (Wildman–Crippen MR) is 105 cm³/mol. The summed E-state index contributed by atoms with van der Waals surface area (Å²) >= 11 is 0. The molecule has 0 spiro atoms. The fraction of sp³-hybridized carbons (Fsp3) is 0.619. The lowest BCUT2D eigenvalue weighted by atomic mass is 9.99. The number of benzene rings is 1. The van der Waals surface area contributed by atoms with Crippen molar-refractivity contribution >= 4 is 23.2 Å². The minimum absolute atomic E-state index is 0.0445. The van der Waals surface area contributed by atoms with Gasteiger partial charge in [-0.25, -0.2) is 0 Å². The smallest absolute Gasteiger partial charge is 0.229 e. The average Bonchev–Trinajstić information content (AvgIpc) is 3.02. The maximum atomic E-state index is 12.5. The highest BCUT2D eigenvalue weighted by Gasteiger charge is 2.33. The number of nitrogens with one attached hydrogen (secondary N) is 1. The van der Waals surface area contributed by atoms with E-state index in [-0.39, 0.29) is 17.7 Å². The third-order valence-corrected chi connectivity index (χ3v) is 5.65. The van der Waals surface area contributed by atoms with E-state index in [2.05, 4.69) is 36.2 Å². The monoisotopic (exact) mass is 357 g/mol. The first-order chi connectivity index (χ1) is 12.6. The fourth-order valence-electron chi connectivity index (χ4n) is 3.78. The molecular formula is C21H31N3O2. The van der Waals surface area contributed by atoms with Crippen LogP contribution in [0.3, 0.4) is 0 Å². The van der Waals surface area contributed by atoms with E-state index < -0.39 is 0 Å². The van der Waals surface area contributed by atoms with Gasteiger partial charge in [-0.05, 0) is 49.4 Å². The Bertz CT molecular complexity index is 621. The summed E-state index contributed by atoms with van der Waals surface area (Å²) in [6.45, 7) is 7.94. The molecular weight excluding hydrogens is 326 g/mol. The van der Waals surface area contributed by atoms with E-state index in [1.54, 1.807) is 0 Å². The number of rotatable bonds is 6. The third kappa shape index (κ3) is 4.57. The van der Waals surface area contributed by atoms with Crippen molar-refractivity contribution in [3.05, 3.63) is 24.3 Å². The molecule has 0 saturated carbocycles. The Hall–Kier alpha value is -2.04. The van der Waals surface area contributed by atoms with Gasteiger partial charge in [0.25, 0.3) is 0 Å². The van der Waals surface area contributed by atoms with E-state index in [1.165, 1.54) is 18.5 Å². The molecule has 0 radical (unpaired) electrons. The molecule has 142 valence electrons. The topological polar surface area (TPSA) is 52.7 Å². The molecule has 1 aromatic carbocycles. The second-order valence-electron chi connectivity index (χ2n) is 7.80. The van der Waals surface area contributed by atoms with Gasteiger partial charge in [0, 0.05) is 44.0 Å². The average molecular weight is 357 g/mol. The molecule has 1 aromatic rings. The van der Waals surface area contributed by atoms with E-state index >= 15 is 0 Å². The second kappa shape index (κ2) is 8.56. The molecule has 2 heterocycles. The zero-order valence-corrected chi connectivity index (χ0v) is 16.0. The van der Waals surface area contributed by atoms with Gasteiger partial charge in [-0.1, -0.05) is 20.3 Å². The van der Waals surface area contributed by atoms with E-state index in [4.69, 9.17) is 0 Å². The first kappa shape index (κ1) is 18.7. The molecule has 3 rings (SSSR count). The number of hydrogen-bond acceptors (Lipinski definition) is 3. The maximum absolute atomic E-state index is 12.5. The van der Waals surface area contributed by atoms with Gasteiger partial charge in [-0.15, -0.1) is 0 Å². The minimum Gasteiger partial charge on any atom is -0.372 e. The molecule has 1 unspecified atom stereocenters. The van der Waals surface area contributed by atoms with Gasteiger partial charge in [0.1, 0.15) is 0 Å². The molecule has 1 N–H and O–H groups in total. The van der Waals surface area contributed by atoms with Gasteiger partial charge in [0.05, 0.1) is 5.92 Å². The molecule has 0 aliphatic carbocycles. The van der Waals surface area contributed by atoms with E-state index in [0.717, 1.165) is 44.1 Å². The van der Waals surface area contributed by atoms with Crippen molar-refractivity contribution in [2.45, 2.75) is 46.0 Å². The van der Waals surface area contributed by atoms with Crippen LogP contribution < -0.4 is 10.2 Å². The number of hydrogen-bond donors (Lipinski definition) is 1. The quantitative estimate of drug-likeness (QED) is 0.848. The highest BCUT2D eigenvalue weighted by molar-refractivity contribution is 5.97. The van der Waals surface area contributed by atoms with Crippen molar-refractivity contribution in [3.8, 4) is 0 Å². The first-order valence-electron chi connectivity index (χ1n) is 10.0. The van der Waals surface area contributed by atoms with Gasteiger partial charge in [0.15, 0.2) is 0 Å². The number of piperidine rings is 1. The fourth-order valence-corrected chi connectivity index (χ4v) is 3.78. The Morgan fingerprint density at radius 1 is 1.19 bits per heavy atom. The molecule has 2 aliphatic heterocycles. The highest BCUT2D eigenvalue weighted by atomic mass is 16.2. The molecule has 2 aliphatic rings.